The zero-order valence-electron chi connectivity index (χ0n) is 15.5. The number of thiocarbonyl (C=S) groups is 1. The van der Waals surface area contributed by atoms with Gasteiger partial charge in [0.25, 0.3) is 0 Å². The predicted octanol–water partition coefficient (Wildman–Crippen LogP) is 2.56. The van der Waals surface area contributed by atoms with Crippen LogP contribution in [-0.2, 0) is 4.74 Å². The molecule has 0 radical (unpaired) electrons. The molecule has 1 saturated heterocycles. The number of cyclic esters (lactones) is 1. The van der Waals surface area contributed by atoms with Crippen LogP contribution < -0.4 is 15.1 Å². The van der Waals surface area contributed by atoms with Gasteiger partial charge in [0.05, 0.1) is 36.0 Å². The lowest BCUT2D eigenvalue weighted by molar-refractivity contribution is 0.143. The number of halogens is 1. The van der Waals surface area contributed by atoms with E-state index in [2.05, 4.69) is 17.3 Å². The molecular weight excluding hydrogens is 369 g/mol. The van der Waals surface area contributed by atoms with E-state index in [4.69, 9.17) is 17.0 Å². The molecule has 1 aromatic rings. The molecular formula is C18H24FN5O2S. The van der Waals surface area contributed by atoms with Crippen LogP contribution in [0.1, 0.15) is 20.3 Å². The second-order valence-corrected chi connectivity index (χ2v) is 7.18. The minimum absolute atomic E-state index is 0.322. The summed E-state index contributed by atoms with van der Waals surface area (Å²) in [6, 6.07) is 4.77. The van der Waals surface area contributed by atoms with Gasteiger partial charge in [-0.05, 0) is 31.5 Å². The molecule has 2 aliphatic heterocycles. The molecule has 146 valence electrons. The molecule has 0 bridgehead atoms. The van der Waals surface area contributed by atoms with Crippen molar-refractivity contribution in [2.75, 3.05) is 42.5 Å². The van der Waals surface area contributed by atoms with E-state index in [-0.39, 0.29) is 6.10 Å². The van der Waals surface area contributed by atoms with E-state index in [1.807, 2.05) is 5.01 Å². The Balaban J connectivity index is 1.67. The van der Waals surface area contributed by atoms with Crippen LogP contribution in [0.4, 0.5) is 20.6 Å². The molecule has 7 nitrogen and oxygen atoms in total. The first-order valence-electron chi connectivity index (χ1n) is 9.05. The van der Waals surface area contributed by atoms with E-state index < -0.39 is 11.9 Å². The summed E-state index contributed by atoms with van der Waals surface area (Å²) in [5, 5.41) is 9.30. The maximum atomic E-state index is 14.7. The molecule has 1 aromatic carbocycles. The van der Waals surface area contributed by atoms with E-state index in [0.717, 1.165) is 19.5 Å². The van der Waals surface area contributed by atoms with E-state index in [1.54, 1.807) is 30.3 Å². The number of carbonyl (C=O) groups is 1. The summed E-state index contributed by atoms with van der Waals surface area (Å²) in [4.78, 5) is 16.0. The van der Waals surface area contributed by atoms with Crippen LogP contribution in [-0.4, -0.2) is 61.3 Å². The van der Waals surface area contributed by atoms with Crippen molar-refractivity contribution in [3.8, 4) is 0 Å². The third-order valence-electron chi connectivity index (χ3n) is 4.44. The van der Waals surface area contributed by atoms with Gasteiger partial charge < -0.3 is 15.0 Å². The van der Waals surface area contributed by atoms with Crippen LogP contribution in [0, 0.1) is 5.82 Å². The van der Waals surface area contributed by atoms with Gasteiger partial charge in [-0.2, -0.15) is 5.10 Å². The largest absolute Gasteiger partial charge is 0.442 e. The van der Waals surface area contributed by atoms with Gasteiger partial charge in [-0.15, -0.1) is 0 Å². The van der Waals surface area contributed by atoms with E-state index in [0.29, 0.717) is 36.0 Å². The fraction of sp³-hybridized carbons (Fsp3) is 0.500. The number of hydrogen-bond donors (Lipinski definition) is 1. The molecule has 1 atom stereocenters. The minimum atomic E-state index is -0.481. The SMILES string of the molecule is CCCN1CCN(c2ccc(N3CC(CNC(C)=S)OC3=O)cc2F)C=N1. The van der Waals surface area contributed by atoms with Gasteiger partial charge >= 0.3 is 6.09 Å². The number of hydrazone groups is 1. The Bertz CT molecular complexity index is 744. The van der Waals surface area contributed by atoms with E-state index in [1.165, 1.54) is 11.0 Å². The van der Waals surface area contributed by atoms with Crippen LogP contribution in [0.5, 0.6) is 0 Å². The zero-order valence-corrected chi connectivity index (χ0v) is 16.3. The Kier molecular flexibility index (Phi) is 6.10. The second kappa shape index (κ2) is 8.51. The third kappa shape index (κ3) is 4.65. The number of rotatable bonds is 6. The second-order valence-electron chi connectivity index (χ2n) is 6.57. The van der Waals surface area contributed by atoms with Crippen LogP contribution >= 0.6 is 12.2 Å². The molecule has 2 aliphatic rings. The Labute approximate surface area is 163 Å². The Hall–Kier alpha value is -2.42. The molecule has 0 aromatic heterocycles. The topological polar surface area (TPSA) is 60.4 Å². The molecule has 27 heavy (non-hydrogen) atoms. The van der Waals surface area contributed by atoms with Gasteiger partial charge in [-0.25, -0.2) is 9.18 Å². The third-order valence-corrected chi connectivity index (χ3v) is 4.58. The molecule has 1 N–H and O–H groups in total. The first-order chi connectivity index (χ1) is 13.0. The summed E-state index contributed by atoms with van der Waals surface area (Å²) in [6.07, 6.45) is 1.87. The normalized spacial score (nSPS) is 19.4. The van der Waals surface area contributed by atoms with Crippen molar-refractivity contribution >= 4 is 41.0 Å². The predicted molar refractivity (Wildman–Crippen MR) is 108 cm³/mol. The molecule has 2 heterocycles. The number of ether oxygens (including phenoxy) is 1. The summed E-state index contributed by atoms with van der Waals surface area (Å²) in [7, 11) is 0. The Morgan fingerprint density at radius 3 is 2.89 bits per heavy atom. The van der Waals surface area contributed by atoms with Crippen LogP contribution in [0.25, 0.3) is 0 Å². The Morgan fingerprint density at radius 1 is 1.44 bits per heavy atom. The van der Waals surface area contributed by atoms with Gasteiger partial charge in [0.2, 0.25) is 0 Å². The van der Waals surface area contributed by atoms with Crippen molar-refractivity contribution in [2.24, 2.45) is 5.10 Å². The van der Waals surface area contributed by atoms with Gasteiger partial charge in [0.1, 0.15) is 18.3 Å². The fourth-order valence-corrected chi connectivity index (χ4v) is 3.16. The first-order valence-corrected chi connectivity index (χ1v) is 9.46. The average molecular weight is 393 g/mol. The van der Waals surface area contributed by atoms with Crippen molar-refractivity contribution in [1.82, 2.24) is 10.3 Å². The summed E-state index contributed by atoms with van der Waals surface area (Å²) < 4.78 is 20.0. The van der Waals surface area contributed by atoms with E-state index in [9.17, 15) is 9.18 Å². The highest BCUT2D eigenvalue weighted by Crippen LogP contribution is 2.28. The number of carbonyl (C=O) groups excluding carboxylic acids is 1. The maximum absolute atomic E-state index is 14.7. The lowest BCUT2D eigenvalue weighted by Crippen LogP contribution is -2.38. The summed E-state index contributed by atoms with van der Waals surface area (Å²) in [5.74, 6) is -0.396. The Morgan fingerprint density at radius 2 is 2.26 bits per heavy atom. The molecule has 1 fully saturated rings. The number of nitrogens with zero attached hydrogens (tertiary/aromatic N) is 4. The van der Waals surface area contributed by atoms with Gasteiger partial charge in [-0.3, -0.25) is 9.91 Å². The molecule has 1 amide bonds. The average Bonchev–Trinajstić information content (AvgIpc) is 3.02. The van der Waals surface area contributed by atoms with Crippen LogP contribution in [0.2, 0.25) is 0 Å². The highest BCUT2D eigenvalue weighted by Gasteiger charge is 2.32. The van der Waals surface area contributed by atoms with Crippen molar-refractivity contribution in [3.63, 3.8) is 0 Å². The van der Waals surface area contributed by atoms with Crippen molar-refractivity contribution in [3.05, 3.63) is 24.0 Å². The van der Waals surface area contributed by atoms with Crippen molar-refractivity contribution in [2.45, 2.75) is 26.4 Å². The highest BCUT2D eigenvalue weighted by molar-refractivity contribution is 7.80. The maximum Gasteiger partial charge on any atom is 0.414 e. The first kappa shape index (κ1) is 19.3. The minimum Gasteiger partial charge on any atom is -0.442 e. The summed E-state index contributed by atoms with van der Waals surface area (Å²) in [5.41, 5.74) is 0.921. The molecule has 0 aliphatic carbocycles. The zero-order chi connectivity index (χ0) is 19.4. The number of anilines is 2. The summed E-state index contributed by atoms with van der Waals surface area (Å²) >= 11 is 4.96. The van der Waals surface area contributed by atoms with Crippen LogP contribution in [0.3, 0.4) is 0 Å². The molecule has 0 saturated carbocycles. The van der Waals surface area contributed by atoms with Crippen molar-refractivity contribution in [1.29, 1.82) is 0 Å². The number of nitrogens with one attached hydrogen (secondary N) is 1. The van der Waals surface area contributed by atoms with Gasteiger partial charge in [0, 0.05) is 13.1 Å². The summed E-state index contributed by atoms with van der Waals surface area (Å²) in [6.45, 7) is 6.96. The highest BCUT2D eigenvalue weighted by atomic mass is 32.1. The van der Waals surface area contributed by atoms with Crippen molar-refractivity contribution < 1.29 is 13.9 Å². The van der Waals surface area contributed by atoms with E-state index >= 15 is 0 Å². The smallest absolute Gasteiger partial charge is 0.414 e. The number of benzene rings is 1. The number of amides is 1. The fourth-order valence-electron chi connectivity index (χ4n) is 3.08. The molecule has 0 spiro atoms. The van der Waals surface area contributed by atoms with Gasteiger partial charge in [0.15, 0.2) is 0 Å². The lowest BCUT2D eigenvalue weighted by atomic mass is 10.2. The number of hydrogen-bond acceptors (Lipinski definition) is 6. The molecule has 9 heteroatoms. The lowest BCUT2D eigenvalue weighted by Gasteiger charge is -2.30. The van der Waals surface area contributed by atoms with Gasteiger partial charge in [-0.1, -0.05) is 19.1 Å². The van der Waals surface area contributed by atoms with Crippen LogP contribution in [0.15, 0.2) is 23.3 Å². The standard InChI is InChI=1S/C18H24FN5O2S/c1-3-6-23-8-7-22(12-21-23)17-5-4-14(9-16(17)19)24-11-15(26-18(24)25)10-20-13(2)27/h4-5,9,12,15H,3,6-8,10-11H2,1-2H3,(H,20,27). The molecule has 3 rings (SSSR count). The molecule has 1 unspecified atom stereocenters. The monoisotopic (exact) mass is 393 g/mol. The quantitative estimate of drug-likeness (QED) is 0.750.